The normalized spacial score (nSPS) is 11.7. The molecule has 0 fully saturated rings. The lowest BCUT2D eigenvalue weighted by molar-refractivity contribution is 0.0706. The van der Waals surface area contributed by atoms with Gasteiger partial charge in [-0.1, -0.05) is 26.0 Å². The smallest absolute Gasteiger partial charge is 0.274 e. The Morgan fingerprint density at radius 1 is 0.920 bits per heavy atom. The first-order valence-corrected chi connectivity index (χ1v) is 7.95. The lowest BCUT2D eigenvalue weighted by atomic mass is 9.94. The number of hydrogen-bond donors (Lipinski definition) is 3. The Balaban J connectivity index is 2.17. The van der Waals surface area contributed by atoms with Gasteiger partial charge in [0.05, 0.1) is 13.2 Å². The molecule has 25 heavy (non-hydrogen) atoms. The lowest BCUT2D eigenvalue weighted by Crippen LogP contribution is -2.31. The molecule has 0 aromatic heterocycles. The van der Waals surface area contributed by atoms with E-state index in [1.165, 1.54) is 0 Å². The standard InChI is InChI=1S/C19H22N2O4/c1-12(2)17(13-4-6-15(7-5-13)19(23)21-24)20-18(22)14-8-10-16(25-3)11-9-14/h4-12,17,24H,1-3H3,(H,20,22)(H,21,23). The second-order valence-electron chi connectivity index (χ2n) is 5.99. The summed E-state index contributed by atoms with van der Waals surface area (Å²) < 4.78 is 5.10. The van der Waals surface area contributed by atoms with Crippen molar-refractivity contribution in [3.8, 4) is 5.75 Å². The average Bonchev–Trinajstić information content (AvgIpc) is 2.65. The van der Waals surface area contributed by atoms with Crippen molar-refractivity contribution in [2.45, 2.75) is 19.9 Å². The Morgan fingerprint density at radius 3 is 1.92 bits per heavy atom. The summed E-state index contributed by atoms with van der Waals surface area (Å²) >= 11 is 0. The van der Waals surface area contributed by atoms with E-state index in [0.717, 1.165) is 5.56 Å². The number of nitrogens with one attached hydrogen (secondary N) is 2. The summed E-state index contributed by atoms with van der Waals surface area (Å²) in [5.74, 6) is 0.0860. The van der Waals surface area contributed by atoms with Crippen molar-refractivity contribution in [3.63, 3.8) is 0 Å². The predicted octanol–water partition coefficient (Wildman–Crippen LogP) is 2.94. The Morgan fingerprint density at radius 2 is 1.44 bits per heavy atom. The van der Waals surface area contributed by atoms with E-state index in [-0.39, 0.29) is 17.9 Å². The van der Waals surface area contributed by atoms with Gasteiger partial charge in [0, 0.05) is 11.1 Å². The molecular formula is C19H22N2O4. The van der Waals surface area contributed by atoms with E-state index in [1.54, 1.807) is 61.1 Å². The van der Waals surface area contributed by atoms with Crippen LogP contribution in [0.2, 0.25) is 0 Å². The minimum atomic E-state index is -0.574. The van der Waals surface area contributed by atoms with Gasteiger partial charge >= 0.3 is 0 Å². The van der Waals surface area contributed by atoms with Crippen LogP contribution in [0.15, 0.2) is 48.5 Å². The molecule has 0 saturated heterocycles. The topological polar surface area (TPSA) is 87.7 Å². The molecule has 132 valence electrons. The zero-order chi connectivity index (χ0) is 18.4. The third-order valence-corrected chi connectivity index (χ3v) is 3.94. The Hall–Kier alpha value is -2.86. The summed E-state index contributed by atoms with van der Waals surface area (Å²) in [4.78, 5) is 23.9. The molecule has 3 N–H and O–H groups in total. The maximum atomic E-state index is 12.5. The number of carbonyl (C=O) groups is 2. The van der Waals surface area contributed by atoms with Crippen LogP contribution in [0.3, 0.4) is 0 Å². The zero-order valence-corrected chi connectivity index (χ0v) is 14.4. The monoisotopic (exact) mass is 342 g/mol. The molecule has 2 aromatic carbocycles. The summed E-state index contributed by atoms with van der Waals surface area (Å²) in [6.07, 6.45) is 0. The van der Waals surface area contributed by atoms with Gasteiger partial charge in [0.2, 0.25) is 0 Å². The van der Waals surface area contributed by atoms with Crippen molar-refractivity contribution < 1.29 is 19.5 Å². The Bertz CT molecular complexity index is 724. The molecule has 0 aliphatic rings. The molecular weight excluding hydrogens is 320 g/mol. The summed E-state index contributed by atoms with van der Waals surface area (Å²) in [5.41, 5.74) is 3.36. The van der Waals surface area contributed by atoms with Crippen molar-refractivity contribution in [2.24, 2.45) is 5.92 Å². The molecule has 0 radical (unpaired) electrons. The van der Waals surface area contributed by atoms with Crippen LogP contribution in [-0.2, 0) is 0 Å². The summed E-state index contributed by atoms with van der Waals surface area (Å²) in [6, 6.07) is 13.4. The number of hydrogen-bond acceptors (Lipinski definition) is 4. The van der Waals surface area contributed by atoms with Crippen molar-refractivity contribution in [1.29, 1.82) is 0 Å². The molecule has 0 spiro atoms. The molecule has 2 rings (SSSR count). The van der Waals surface area contributed by atoms with Crippen molar-refractivity contribution >= 4 is 11.8 Å². The van der Waals surface area contributed by atoms with E-state index in [1.807, 2.05) is 13.8 Å². The summed E-state index contributed by atoms with van der Waals surface area (Å²) in [6.45, 7) is 4.01. The number of hydroxylamine groups is 1. The molecule has 6 nitrogen and oxygen atoms in total. The Kier molecular flexibility index (Phi) is 6.14. The van der Waals surface area contributed by atoms with Crippen molar-refractivity contribution in [1.82, 2.24) is 10.8 Å². The molecule has 0 aliphatic carbocycles. The van der Waals surface area contributed by atoms with E-state index in [4.69, 9.17) is 9.94 Å². The molecule has 6 heteroatoms. The highest BCUT2D eigenvalue weighted by Gasteiger charge is 2.19. The fourth-order valence-corrected chi connectivity index (χ4v) is 2.51. The fourth-order valence-electron chi connectivity index (χ4n) is 2.51. The fraction of sp³-hybridized carbons (Fsp3) is 0.263. The molecule has 0 bridgehead atoms. The van der Waals surface area contributed by atoms with Crippen LogP contribution in [0.25, 0.3) is 0 Å². The number of carbonyl (C=O) groups excluding carboxylic acids is 2. The zero-order valence-electron chi connectivity index (χ0n) is 14.4. The van der Waals surface area contributed by atoms with Crippen LogP contribution < -0.4 is 15.5 Å². The number of benzene rings is 2. The third-order valence-electron chi connectivity index (χ3n) is 3.94. The van der Waals surface area contributed by atoms with Gasteiger partial charge in [0.1, 0.15) is 5.75 Å². The van der Waals surface area contributed by atoms with E-state index in [2.05, 4.69) is 5.32 Å². The van der Waals surface area contributed by atoms with Crippen LogP contribution in [0.5, 0.6) is 5.75 Å². The number of methoxy groups -OCH3 is 1. The molecule has 1 unspecified atom stereocenters. The minimum Gasteiger partial charge on any atom is -0.497 e. The molecule has 0 aliphatic heterocycles. The van der Waals surface area contributed by atoms with Gasteiger partial charge in [-0.2, -0.15) is 0 Å². The highest BCUT2D eigenvalue weighted by molar-refractivity contribution is 5.95. The van der Waals surface area contributed by atoms with E-state index < -0.39 is 5.91 Å². The van der Waals surface area contributed by atoms with Gasteiger partial charge in [0.15, 0.2) is 0 Å². The van der Waals surface area contributed by atoms with Crippen molar-refractivity contribution in [3.05, 3.63) is 65.2 Å². The minimum absolute atomic E-state index is 0.153. The lowest BCUT2D eigenvalue weighted by Gasteiger charge is -2.23. The summed E-state index contributed by atoms with van der Waals surface area (Å²) in [7, 11) is 1.57. The van der Waals surface area contributed by atoms with E-state index in [9.17, 15) is 9.59 Å². The molecule has 0 saturated carbocycles. The van der Waals surface area contributed by atoms with Crippen molar-refractivity contribution in [2.75, 3.05) is 7.11 Å². The third kappa shape index (κ3) is 4.58. The van der Waals surface area contributed by atoms with Crippen LogP contribution >= 0.6 is 0 Å². The first-order chi connectivity index (χ1) is 12.0. The molecule has 2 aromatic rings. The van der Waals surface area contributed by atoms with Crippen LogP contribution in [0.4, 0.5) is 0 Å². The molecule has 2 amide bonds. The second-order valence-corrected chi connectivity index (χ2v) is 5.99. The number of ether oxygens (including phenoxy) is 1. The van der Waals surface area contributed by atoms with Gasteiger partial charge in [-0.05, 0) is 47.9 Å². The van der Waals surface area contributed by atoms with E-state index in [0.29, 0.717) is 16.9 Å². The highest BCUT2D eigenvalue weighted by atomic mass is 16.5. The van der Waals surface area contributed by atoms with Gasteiger partial charge < -0.3 is 10.1 Å². The van der Waals surface area contributed by atoms with Gasteiger partial charge in [-0.25, -0.2) is 5.48 Å². The maximum absolute atomic E-state index is 12.5. The van der Waals surface area contributed by atoms with E-state index >= 15 is 0 Å². The molecule has 0 heterocycles. The number of rotatable bonds is 6. The first-order valence-electron chi connectivity index (χ1n) is 7.95. The quantitative estimate of drug-likeness (QED) is 0.556. The predicted molar refractivity (Wildman–Crippen MR) is 93.7 cm³/mol. The molecule has 1 atom stereocenters. The Labute approximate surface area is 146 Å². The van der Waals surface area contributed by atoms with Gasteiger partial charge in [-0.15, -0.1) is 0 Å². The largest absolute Gasteiger partial charge is 0.497 e. The SMILES string of the molecule is COc1ccc(C(=O)NC(c2ccc(C(=O)NO)cc2)C(C)C)cc1. The van der Waals surface area contributed by atoms with Crippen LogP contribution in [-0.4, -0.2) is 24.1 Å². The summed E-state index contributed by atoms with van der Waals surface area (Å²) in [5, 5.41) is 11.7. The average molecular weight is 342 g/mol. The second kappa shape index (κ2) is 8.30. The number of amides is 2. The van der Waals surface area contributed by atoms with Gasteiger partial charge in [-0.3, -0.25) is 14.8 Å². The first kappa shape index (κ1) is 18.5. The van der Waals surface area contributed by atoms with Crippen LogP contribution in [0.1, 0.15) is 46.2 Å². The van der Waals surface area contributed by atoms with Gasteiger partial charge in [0.25, 0.3) is 11.8 Å². The van der Waals surface area contributed by atoms with Crippen LogP contribution in [0, 0.1) is 5.92 Å². The maximum Gasteiger partial charge on any atom is 0.274 e. The highest BCUT2D eigenvalue weighted by Crippen LogP contribution is 2.23.